The van der Waals surface area contributed by atoms with E-state index in [1.165, 1.54) is 109 Å². The van der Waals surface area contributed by atoms with Crippen LogP contribution in [0.2, 0.25) is 0 Å². The monoisotopic (exact) mass is 1390 g/mol. The predicted molar refractivity (Wildman–Crippen MR) is 374 cm³/mol. The van der Waals surface area contributed by atoms with Gasteiger partial charge in [0.2, 0.25) is 65.0 Å². The number of carbonyl (C=O) groups excluding carboxylic acids is 12. The number of likely N-dealkylation sites (N-methyl/N-ethyl adjacent to an activating group) is 7. The first-order chi connectivity index (χ1) is 45.0. The van der Waals surface area contributed by atoms with Gasteiger partial charge >= 0.3 is 5.97 Å². The van der Waals surface area contributed by atoms with Crippen molar-refractivity contribution in [2.75, 3.05) is 60.8 Å². The summed E-state index contributed by atoms with van der Waals surface area (Å²) in [5, 5.41) is 29.8. The molecule has 0 radical (unpaired) electrons. The van der Waals surface area contributed by atoms with Gasteiger partial charge < -0.3 is 65.4 Å². The molecule has 2 saturated heterocycles. The summed E-state index contributed by atoms with van der Waals surface area (Å²) in [6, 6.07) is -14.6. The highest BCUT2D eigenvalue weighted by atomic mass is 32.2. The Labute approximate surface area is 582 Å². The molecule has 0 aliphatic carbocycles. The number of amides is 11. The predicted octanol–water partition coefficient (Wildman–Crippen LogP) is 4.43. The maximum Gasteiger partial charge on any atom is 0.303 e. The van der Waals surface area contributed by atoms with Crippen molar-refractivity contribution < 1.29 is 72.5 Å². The molecule has 0 aromatic heterocycles. The molecule has 2 rings (SSSR count). The molecule has 552 valence electrons. The van der Waals surface area contributed by atoms with Crippen molar-refractivity contribution in [1.82, 2.24) is 55.1 Å². The number of rotatable bonds is 23. The van der Waals surface area contributed by atoms with Crippen LogP contribution in [0, 0.1) is 35.5 Å². The highest BCUT2D eigenvalue weighted by Crippen LogP contribution is 2.29. The average molecular weight is 1390 g/mol. The Morgan fingerprint density at radius 3 is 1.53 bits per heavy atom. The fraction of sp³-hybridized carbons (Fsp3) is 0.786. The van der Waals surface area contributed by atoms with Crippen LogP contribution in [0.1, 0.15) is 181 Å². The topological polar surface area (TPSA) is 324 Å². The maximum absolute atomic E-state index is 15.4. The molecule has 0 saturated carbocycles. The van der Waals surface area contributed by atoms with Crippen LogP contribution in [0.3, 0.4) is 0 Å². The Balaban J connectivity index is 3.07. The van der Waals surface area contributed by atoms with Crippen LogP contribution in [-0.4, -0.2) is 266 Å². The zero-order valence-corrected chi connectivity index (χ0v) is 63.3. The fourth-order valence-corrected chi connectivity index (χ4v) is 13.9. The molecule has 0 spiro atoms. The number of nitrogens with zero attached hydrogens (tertiary/aromatic N) is 8. The van der Waals surface area contributed by atoms with Gasteiger partial charge in [0.05, 0.1) is 6.10 Å². The van der Waals surface area contributed by atoms with Crippen molar-refractivity contribution in [2.45, 2.75) is 260 Å². The van der Waals surface area contributed by atoms with Gasteiger partial charge in [-0.15, -0.1) is 0 Å². The molecule has 2 heterocycles. The number of carbonyl (C=O) groups is 13. The minimum absolute atomic E-state index is 0.0530. The van der Waals surface area contributed by atoms with Gasteiger partial charge in [0.15, 0.2) is 0 Å². The quantitative estimate of drug-likeness (QED) is 0.0698. The second kappa shape index (κ2) is 39.8. The number of allylic oxidation sites excluding steroid dienone is 2. The van der Waals surface area contributed by atoms with Crippen LogP contribution >= 0.6 is 11.8 Å². The molecule has 2 bridgehead atoms. The highest BCUT2D eigenvalue weighted by Gasteiger charge is 2.49. The Kier molecular flexibility index (Phi) is 35.5. The highest BCUT2D eigenvalue weighted by molar-refractivity contribution is 7.99. The lowest BCUT2D eigenvalue weighted by molar-refractivity contribution is -0.157. The summed E-state index contributed by atoms with van der Waals surface area (Å²) < 4.78 is 0. The molecule has 11 amide bonds. The van der Waals surface area contributed by atoms with Gasteiger partial charge in [-0.3, -0.25) is 62.3 Å². The molecule has 0 aromatic carbocycles. The van der Waals surface area contributed by atoms with E-state index in [2.05, 4.69) is 16.0 Å². The summed E-state index contributed by atoms with van der Waals surface area (Å²) in [5.41, 5.74) is 0. The van der Waals surface area contributed by atoms with E-state index in [0.29, 0.717) is 12.2 Å². The smallest absolute Gasteiger partial charge is 0.303 e. The van der Waals surface area contributed by atoms with E-state index in [0.717, 1.165) is 4.90 Å². The third-order valence-corrected chi connectivity index (χ3v) is 20.0. The third kappa shape index (κ3) is 23.8. The van der Waals surface area contributed by atoms with Crippen LogP contribution in [0.5, 0.6) is 0 Å². The minimum Gasteiger partial charge on any atom is -0.481 e. The standard InChI is InChI=1S/C70H121N11O15S/c1-24-26-29-44(13)59(85)58-62(88)72-49(25-2)64(90)78(21)54(38-97-33-28-31-48(82)30-27-32-55(83)84)67(93)74(17)50(34-39(3)4)61(87)73-56(42(9)10)69(95)77(20)53-37-45(14)81(68(53)94)47(16)60(86)71-46(15)63(89)75(18)51(35-40(5)6)65(91)76(19)52(36-41(7)8)66(92)79(22)57(43(11)12)70(96)80(58)23/h24,26,39-47,49-54,56-59,85H,25,27-38H2,1-23H3,(H,71,86)(H,72,88)(H,73,87)(H,83,84)/b26-24+/t44-,45?,46+,47-,49-,50+,51-,52-,53-,54-,56-,57-,58-,59-/m1/s1. The number of hydrogen-bond donors (Lipinski definition) is 5. The van der Waals surface area contributed by atoms with Gasteiger partial charge in [-0.1, -0.05) is 95.2 Å². The molecule has 27 heteroatoms. The van der Waals surface area contributed by atoms with E-state index < -0.39 is 167 Å². The minimum atomic E-state index is -1.68. The van der Waals surface area contributed by atoms with Gasteiger partial charge in [0, 0.05) is 80.4 Å². The number of Topliss-reactive ketones (excluding diaryl/α,β-unsaturated/α-hetero) is 1. The van der Waals surface area contributed by atoms with Gasteiger partial charge in [0.1, 0.15) is 72.2 Å². The summed E-state index contributed by atoms with van der Waals surface area (Å²) in [7, 11) is 9.90. The van der Waals surface area contributed by atoms with E-state index in [-0.39, 0.29) is 93.5 Å². The second-order valence-electron chi connectivity index (χ2n) is 28.9. The van der Waals surface area contributed by atoms with Crippen molar-refractivity contribution >= 4 is 88.5 Å². The van der Waals surface area contributed by atoms with E-state index in [9.17, 15) is 38.7 Å². The van der Waals surface area contributed by atoms with Crippen LogP contribution in [0.25, 0.3) is 0 Å². The number of aliphatic hydroxyl groups excluding tert-OH is 1. The van der Waals surface area contributed by atoms with Gasteiger partial charge in [-0.05, 0) is 120 Å². The average Bonchev–Trinajstić information content (AvgIpc) is 1.76. The van der Waals surface area contributed by atoms with Crippen LogP contribution < -0.4 is 16.0 Å². The van der Waals surface area contributed by atoms with E-state index in [1.54, 1.807) is 67.5 Å². The van der Waals surface area contributed by atoms with Crippen molar-refractivity contribution in [1.29, 1.82) is 0 Å². The SMILES string of the molecule is C/C=C/C[C@@H](C)[C@@H](O)[C@@H]1C(=O)N[C@H](CC)C(=O)N(C)[C@H](CSCCCC(=O)CCCC(=O)O)C(=O)N(C)[C@@H](CC(C)C)C(=O)N[C@H](C(C)C)C(=O)N(C)[C@@H]2CC(C)N(C2=O)[C@H](C)C(=O)N[C@@H](C)C(=O)N(C)[C@H](CC(C)C)C(=O)N(C)[C@H](CC(C)C)C(=O)N(C)[C@H](C(C)C)C(=O)N1C. The molecule has 14 atom stereocenters. The summed E-state index contributed by atoms with van der Waals surface area (Å²) >= 11 is 1.25. The zero-order valence-electron chi connectivity index (χ0n) is 62.5. The number of ketones is 1. The third-order valence-electron chi connectivity index (χ3n) is 18.9. The van der Waals surface area contributed by atoms with Crippen LogP contribution in [-0.2, 0) is 62.3 Å². The lowest BCUT2D eigenvalue weighted by Crippen LogP contribution is -2.64. The maximum atomic E-state index is 15.4. The Hall–Kier alpha value is -6.64. The number of aliphatic carboxylic acids is 1. The first-order valence-electron chi connectivity index (χ1n) is 34.7. The molecule has 5 N–H and O–H groups in total. The number of carboxylic acid groups (broad SMARTS) is 1. The number of carboxylic acids is 1. The number of nitrogens with one attached hydrogen (secondary N) is 3. The lowest BCUT2D eigenvalue weighted by atomic mass is 9.91. The van der Waals surface area contributed by atoms with Crippen molar-refractivity contribution in [3.05, 3.63) is 12.2 Å². The summed E-state index contributed by atoms with van der Waals surface area (Å²) in [6.07, 6.45) is 3.25. The largest absolute Gasteiger partial charge is 0.481 e. The fourth-order valence-electron chi connectivity index (χ4n) is 12.8. The molecule has 1 unspecified atom stereocenters. The first-order valence-corrected chi connectivity index (χ1v) is 35.9. The van der Waals surface area contributed by atoms with E-state index in [4.69, 9.17) is 5.11 Å². The number of aliphatic hydroxyl groups is 1. The van der Waals surface area contributed by atoms with Crippen molar-refractivity contribution in [2.24, 2.45) is 35.5 Å². The lowest BCUT2D eigenvalue weighted by Gasteiger charge is -2.41. The van der Waals surface area contributed by atoms with E-state index in [1.807, 2.05) is 41.5 Å². The molecule has 26 nitrogen and oxygen atoms in total. The van der Waals surface area contributed by atoms with Crippen molar-refractivity contribution in [3.63, 3.8) is 0 Å². The van der Waals surface area contributed by atoms with Crippen LogP contribution in [0.15, 0.2) is 12.2 Å². The van der Waals surface area contributed by atoms with Crippen LogP contribution in [0.4, 0.5) is 0 Å². The van der Waals surface area contributed by atoms with Gasteiger partial charge in [0.25, 0.3) is 0 Å². The Bertz CT molecular complexity index is 2760. The number of fused-ring (bicyclic) bond motifs is 2. The second-order valence-corrected chi connectivity index (χ2v) is 30.1. The van der Waals surface area contributed by atoms with Crippen molar-refractivity contribution in [3.8, 4) is 0 Å². The zero-order chi connectivity index (χ0) is 74.5. The molecular weight excluding hydrogens is 1270 g/mol. The molecule has 2 fully saturated rings. The molecule has 97 heavy (non-hydrogen) atoms. The summed E-state index contributed by atoms with van der Waals surface area (Å²) in [4.78, 5) is 198. The first kappa shape index (κ1) is 86.4. The summed E-state index contributed by atoms with van der Waals surface area (Å²) in [5.74, 6) is -10.9. The Morgan fingerprint density at radius 2 is 1.02 bits per heavy atom. The number of hydrogen-bond acceptors (Lipinski definition) is 15. The van der Waals surface area contributed by atoms with Gasteiger partial charge in [-0.25, -0.2) is 0 Å². The molecular formula is C70H121N11O15S. The molecule has 0 aromatic rings. The molecule has 2 aliphatic heterocycles. The normalized spacial score (nSPS) is 27.0. The van der Waals surface area contributed by atoms with E-state index >= 15 is 28.8 Å². The Morgan fingerprint density at radius 1 is 0.536 bits per heavy atom. The molecule has 2 aliphatic rings. The number of thioether (sulfide) groups is 1. The van der Waals surface area contributed by atoms with Gasteiger partial charge in [-0.2, -0.15) is 11.8 Å². The summed E-state index contributed by atoms with van der Waals surface area (Å²) in [6.45, 7) is 27.8.